The number of nitrogens with one attached hydrogen (secondary N) is 1. The summed E-state index contributed by atoms with van der Waals surface area (Å²) >= 11 is 1.53. The van der Waals surface area contributed by atoms with Crippen molar-refractivity contribution in [1.29, 1.82) is 0 Å². The second-order valence-electron chi connectivity index (χ2n) is 5.87. The smallest absolute Gasteiger partial charge is 0.261 e. The van der Waals surface area contributed by atoms with Crippen molar-refractivity contribution in [1.82, 2.24) is 10.2 Å². The molecule has 19 heavy (non-hydrogen) atoms. The highest BCUT2D eigenvalue weighted by Crippen LogP contribution is 2.17. The molecular weight excluding hydrogens is 256 g/mol. The first kappa shape index (κ1) is 14.5. The molecule has 2 heterocycles. The molecular formula is C15H24N2OS. The van der Waals surface area contributed by atoms with Crippen LogP contribution in [0.1, 0.15) is 41.9 Å². The van der Waals surface area contributed by atoms with Gasteiger partial charge in [-0.05, 0) is 42.7 Å². The summed E-state index contributed by atoms with van der Waals surface area (Å²) in [5, 5.41) is 5.16. The van der Waals surface area contributed by atoms with Crippen LogP contribution in [0.3, 0.4) is 0 Å². The lowest BCUT2D eigenvalue weighted by atomic mass is 10.0. The number of carbonyl (C=O) groups excluding carboxylic acids is 1. The molecule has 0 unspecified atom stereocenters. The third-order valence-electron chi connectivity index (χ3n) is 3.61. The summed E-state index contributed by atoms with van der Waals surface area (Å²) in [5.74, 6) is 0.828. The number of nitrogens with zero attached hydrogens (tertiary/aromatic N) is 1. The molecule has 1 fully saturated rings. The average molecular weight is 280 g/mol. The summed E-state index contributed by atoms with van der Waals surface area (Å²) in [5.41, 5.74) is 1.08. The Labute approximate surface area is 120 Å². The minimum atomic E-state index is 0.106. The van der Waals surface area contributed by atoms with Gasteiger partial charge in [-0.3, -0.25) is 4.79 Å². The van der Waals surface area contributed by atoms with Crippen LogP contribution in [0.4, 0.5) is 0 Å². The summed E-state index contributed by atoms with van der Waals surface area (Å²) in [6.07, 6.45) is 2.14. The normalized spacial score (nSPS) is 17.9. The van der Waals surface area contributed by atoms with Crippen molar-refractivity contribution < 1.29 is 4.79 Å². The monoisotopic (exact) mass is 280 g/mol. The fourth-order valence-corrected chi connectivity index (χ4v) is 3.46. The van der Waals surface area contributed by atoms with E-state index < -0.39 is 0 Å². The lowest BCUT2D eigenvalue weighted by Crippen LogP contribution is -2.45. The predicted molar refractivity (Wildman–Crippen MR) is 80.8 cm³/mol. The van der Waals surface area contributed by atoms with E-state index in [1.54, 1.807) is 0 Å². The first-order chi connectivity index (χ1) is 9.06. The Hall–Kier alpha value is -0.870. The van der Waals surface area contributed by atoms with Crippen LogP contribution < -0.4 is 5.32 Å². The number of piperidine rings is 1. The zero-order valence-corrected chi connectivity index (χ0v) is 12.9. The number of likely N-dealkylation sites (tertiary alicyclic amines) is 1. The molecule has 1 amide bonds. The van der Waals surface area contributed by atoms with E-state index in [2.05, 4.69) is 24.1 Å². The Morgan fingerprint density at radius 3 is 2.68 bits per heavy atom. The van der Waals surface area contributed by atoms with Crippen LogP contribution in [0, 0.1) is 12.8 Å². The first-order valence-electron chi connectivity index (χ1n) is 7.13. The molecule has 1 aromatic rings. The lowest BCUT2D eigenvalue weighted by molar-refractivity contribution is 0.0911. The second kappa shape index (κ2) is 6.53. The summed E-state index contributed by atoms with van der Waals surface area (Å²) < 4.78 is 0. The third-order valence-corrected chi connectivity index (χ3v) is 4.63. The Bertz CT molecular complexity index is 420. The van der Waals surface area contributed by atoms with E-state index >= 15 is 0 Å². The van der Waals surface area contributed by atoms with E-state index in [-0.39, 0.29) is 5.91 Å². The molecule has 3 nitrogen and oxygen atoms in total. The topological polar surface area (TPSA) is 32.3 Å². The number of thiophene rings is 1. The number of amides is 1. The SMILES string of the molecule is Cc1ccsc1C(=O)NC1CCN(CC(C)C)CC1. The number of aryl methyl sites for hydroxylation is 1. The maximum Gasteiger partial charge on any atom is 0.261 e. The maximum atomic E-state index is 12.1. The van der Waals surface area contributed by atoms with Crippen molar-refractivity contribution in [2.45, 2.75) is 39.7 Å². The number of rotatable bonds is 4. The van der Waals surface area contributed by atoms with Gasteiger partial charge in [-0.2, -0.15) is 0 Å². The van der Waals surface area contributed by atoms with Crippen molar-refractivity contribution in [3.05, 3.63) is 21.9 Å². The summed E-state index contributed by atoms with van der Waals surface area (Å²) in [6.45, 7) is 9.89. The van der Waals surface area contributed by atoms with Crippen molar-refractivity contribution in [2.75, 3.05) is 19.6 Å². The molecule has 106 valence electrons. The highest BCUT2D eigenvalue weighted by molar-refractivity contribution is 7.12. The Morgan fingerprint density at radius 1 is 1.47 bits per heavy atom. The van der Waals surface area contributed by atoms with Crippen LogP contribution in [-0.4, -0.2) is 36.5 Å². The molecule has 0 spiro atoms. The Kier molecular flexibility index (Phi) is 4.99. The molecule has 0 aliphatic carbocycles. The van der Waals surface area contributed by atoms with Gasteiger partial charge in [-0.15, -0.1) is 11.3 Å². The van der Waals surface area contributed by atoms with E-state index in [4.69, 9.17) is 0 Å². The first-order valence-corrected chi connectivity index (χ1v) is 8.01. The summed E-state index contributed by atoms with van der Waals surface area (Å²) in [4.78, 5) is 15.5. The van der Waals surface area contributed by atoms with E-state index in [9.17, 15) is 4.79 Å². The molecule has 1 aromatic heterocycles. The van der Waals surface area contributed by atoms with Gasteiger partial charge >= 0.3 is 0 Å². The molecule has 4 heteroatoms. The van der Waals surface area contributed by atoms with Gasteiger partial charge in [-0.25, -0.2) is 0 Å². The molecule has 1 N–H and O–H groups in total. The van der Waals surface area contributed by atoms with Gasteiger partial charge in [-0.1, -0.05) is 13.8 Å². The van der Waals surface area contributed by atoms with Gasteiger partial charge in [0.1, 0.15) is 0 Å². The number of hydrogen-bond donors (Lipinski definition) is 1. The van der Waals surface area contributed by atoms with Crippen LogP contribution in [0.2, 0.25) is 0 Å². The second-order valence-corrected chi connectivity index (χ2v) is 6.79. The van der Waals surface area contributed by atoms with Crippen LogP contribution in [-0.2, 0) is 0 Å². The standard InChI is InChI=1S/C15H24N2OS/c1-11(2)10-17-7-4-13(5-8-17)16-15(18)14-12(3)6-9-19-14/h6,9,11,13H,4-5,7-8,10H2,1-3H3,(H,16,18). The number of hydrogen-bond acceptors (Lipinski definition) is 3. The van der Waals surface area contributed by atoms with Gasteiger partial charge in [0.15, 0.2) is 0 Å². The Morgan fingerprint density at radius 2 is 2.16 bits per heavy atom. The third kappa shape index (κ3) is 4.05. The molecule has 1 saturated heterocycles. The van der Waals surface area contributed by atoms with Crippen molar-refractivity contribution in [3.8, 4) is 0 Å². The van der Waals surface area contributed by atoms with Gasteiger partial charge in [0.05, 0.1) is 4.88 Å². The molecule has 2 rings (SSSR count). The van der Waals surface area contributed by atoms with Crippen LogP contribution in [0.5, 0.6) is 0 Å². The fraction of sp³-hybridized carbons (Fsp3) is 0.667. The van der Waals surface area contributed by atoms with Crippen molar-refractivity contribution >= 4 is 17.2 Å². The van der Waals surface area contributed by atoms with E-state index in [1.807, 2.05) is 18.4 Å². The predicted octanol–water partition coefficient (Wildman–Crippen LogP) is 2.91. The van der Waals surface area contributed by atoms with Crippen molar-refractivity contribution in [3.63, 3.8) is 0 Å². The quantitative estimate of drug-likeness (QED) is 0.920. The zero-order valence-electron chi connectivity index (χ0n) is 12.1. The van der Waals surface area contributed by atoms with Gasteiger partial charge in [0.2, 0.25) is 0 Å². The van der Waals surface area contributed by atoms with Crippen LogP contribution in [0.25, 0.3) is 0 Å². The molecule has 1 aliphatic rings. The average Bonchev–Trinajstić information content (AvgIpc) is 2.77. The van der Waals surface area contributed by atoms with Crippen LogP contribution in [0.15, 0.2) is 11.4 Å². The molecule has 0 aromatic carbocycles. The summed E-state index contributed by atoms with van der Waals surface area (Å²) in [7, 11) is 0. The minimum absolute atomic E-state index is 0.106. The Balaban J connectivity index is 1.80. The van der Waals surface area contributed by atoms with Gasteiger partial charge in [0, 0.05) is 25.7 Å². The molecule has 0 atom stereocenters. The van der Waals surface area contributed by atoms with E-state index in [0.717, 1.165) is 42.3 Å². The maximum absolute atomic E-state index is 12.1. The molecule has 0 saturated carbocycles. The van der Waals surface area contributed by atoms with Gasteiger partial charge < -0.3 is 10.2 Å². The summed E-state index contributed by atoms with van der Waals surface area (Å²) in [6, 6.07) is 2.35. The lowest BCUT2D eigenvalue weighted by Gasteiger charge is -2.33. The highest BCUT2D eigenvalue weighted by Gasteiger charge is 2.22. The van der Waals surface area contributed by atoms with E-state index in [1.165, 1.54) is 17.9 Å². The highest BCUT2D eigenvalue weighted by atomic mass is 32.1. The largest absolute Gasteiger partial charge is 0.349 e. The molecule has 0 radical (unpaired) electrons. The zero-order chi connectivity index (χ0) is 13.8. The van der Waals surface area contributed by atoms with Crippen LogP contribution >= 0.6 is 11.3 Å². The molecule has 0 bridgehead atoms. The minimum Gasteiger partial charge on any atom is -0.349 e. The fourth-order valence-electron chi connectivity index (χ4n) is 2.63. The van der Waals surface area contributed by atoms with Crippen molar-refractivity contribution in [2.24, 2.45) is 5.92 Å². The molecule has 1 aliphatic heterocycles. The van der Waals surface area contributed by atoms with E-state index in [0.29, 0.717) is 6.04 Å². The number of carbonyl (C=O) groups is 1. The van der Waals surface area contributed by atoms with Gasteiger partial charge in [0.25, 0.3) is 5.91 Å².